The first kappa shape index (κ1) is 13.6. The van der Waals surface area contributed by atoms with Crippen molar-refractivity contribution in [1.82, 2.24) is 10.2 Å². The lowest BCUT2D eigenvalue weighted by molar-refractivity contribution is 0.0450. The smallest absolute Gasteiger partial charge is 0.318 e. The van der Waals surface area contributed by atoms with Crippen molar-refractivity contribution in [2.75, 3.05) is 32.9 Å². The van der Waals surface area contributed by atoms with E-state index in [-0.39, 0.29) is 12.6 Å². The van der Waals surface area contributed by atoms with Gasteiger partial charge in [0.25, 0.3) is 0 Å². The van der Waals surface area contributed by atoms with E-state index in [1.165, 1.54) is 0 Å². The van der Waals surface area contributed by atoms with Crippen molar-refractivity contribution in [1.29, 1.82) is 0 Å². The van der Waals surface area contributed by atoms with Gasteiger partial charge in [-0.05, 0) is 31.6 Å². The molecule has 2 fully saturated rings. The Labute approximate surface area is 108 Å². The van der Waals surface area contributed by atoms with Gasteiger partial charge >= 0.3 is 6.03 Å². The summed E-state index contributed by atoms with van der Waals surface area (Å²) in [5.41, 5.74) is -0.401. The Bertz CT molecular complexity index is 282. The summed E-state index contributed by atoms with van der Waals surface area (Å²) in [5.74, 6) is 0.699. The summed E-state index contributed by atoms with van der Waals surface area (Å²) < 4.78 is 5.23. The number of carbonyl (C=O) groups is 1. The van der Waals surface area contributed by atoms with Crippen molar-refractivity contribution < 1.29 is 14.6 Å². The summed E-state index contributed by atoms with van der Waals surface area (Å²) in [6, 6.07) is -0.0538. The number of ether oxygens (including phenoxy) is 1. The van der Waals surface area contributed by atoms with Gasteiger partial charge in [-0.3, -0.25) is 0 Å². The standard InChI is InChI=1S/C13H24N2O3/c1-11-2-4-13(10-16,5-3-11)14-12(17)15-6-8-18-9-7-15/h11,16H,2-10H2,1H3,(H,14,17). The Morgan fingerprint density at radius 1 is 1.39 bits per heavy atom. The van der Waals surface area contributed by atoms with E-state index in [0.29, 0.717) is 32.2 Å². The largest absolute Gasteiger partial charge is 0.394 e. The van der Waals surface area contributed by atoms with E-state index >= 15 is 0 Å². The zero-order chi connectivity index (χ0) is 13.0. The fraction of sp³-hybridized carbons (Fsp3) is 0.923. The van der Waals surface area contributed by atoms with Crippen LogP contribution in [-0.2, 0) is 4.74 Å². The molecule has 5 nitrogen and oxygen atoms in total. The minimum absolute atomic E-state index is 0.0375. The first-order chi connectivity index (χ1) is 8.65. The average molecular weight is 256 g/mol. The van der Waals surface area contributed by atoms with Crippen LogP contribution in [0, 0.1) is 5.92 Å². The highest BCUT2D eigenvalue weighted by atomic mass is 16.5. The van der Waals surface area contributed by atoms with Gasteiger partial charge in [0.2, 0.25) is 0 Å². The SMILES string of the molecule is CC1CCC(CO)(NC(=O)N2CCOCC2)CC1. The fourth-order valence-electron chi connectivity index (χ4n) is 2.71. The highest BCUT2D eigenvalue weighted by molar-refractivity contribution is 5.75. The van der Waals surface area contributed by atoms with Crippen molar-refractivity contribution in [3.63, 3.8) is 0 Å². The number of hydrogen-bond acceptors (Lipinski definition) is 3. The second-order valence-corrected chi connectivity index (χ2v) is 5.65. The monoisotopic (exact) mass is 256 g/mol. The molecule has 1 aliphatic carbocycles. The maximum atomic E-state index is 12.2. The van der Waals surface area contributed by atoms with E-state index in [4.69, 9.17) is 4.74 Å². The Morgan fingerprint density at radius 3 is 2.56 bits per heavy atom. The highest BCUT2D eigenvalue weighted by Crippen LogP contribution is 2.31. The summed E-state index contributed by atoms with van der Waals surface area (Å²) in [5, 5.41) is 12.7. The molecule has 0 radical (unpaired) electrons. The number of rotatable bonds is 2. The van der Waals surface area contributed by atoms with E-state index in [0.717, 1.165) is 25.7 Å². The fourth-order valence-corrected chi connectivity index (χ4v) is 2.71. The van der Waals surface area contributed by atoms with Crippen molar-refractivity contribution in [3.8, 4) is 0 Å². The molecule has 2 aliphatic rings. The first-order valence-electron chi connectivity index (χ1n) is 6.91. The number of carbonyl (C=O) groups excluding carboxylic acids is 1. The van der Waals surface area contributed by atoms with Crippen molar-refractivity contribution in [3.05, 3.63) is 0 Å². The van der Waals surface area contributed by atoms with E-state index in [2.05, 4.69) is 12.2 Å². The zero-order valence-electron chi connectivity index (χ0n) is 11.2. The molecule has 0 aromatic heterocycles. The second-order valence-electron chi connectivity index (χ2n) is 5.65. The van der Waals surface area contributed by atoms with Gasteiger partial charge in [0.15, 0.2) is 0 Å². The molecule has 1 saturated carbocycles. The van der Waals surface area contributed by atoms with Gasteiger partial charge in [-0.1, -0.05) is 6.92 Å². The number of aliphatic hydroxyl groups excluding tert-OH is 1. The van der Waals surface area contributed by atoms with Crippen LogP contribution in [0.5, 0.6) is 0 Å². The Hall–Kier alpha value is -0.810. The molecular formula is C13H24N2O3. The predicted molar refractivity (Wildman–Crippen MR) is 68.4 cm³/mol. The lowest BCUT2D eigenvalue weighted by Crippen LogP contribution is -2.58. The number of aliphatic hydroxyl groups is 1. The Kier molecular flexibility index (Phi) is 4.45. The highest BCUT2D eigenvalue weighted by Gasteiger charge is 2.36. The van der Waals surface area contributed by atoms with Crippen LogP contribution in [0.25, 0.3) is 0 Å². The number of amides is 2. The van der Waals surface area contributed by atoms with E-state index < -0.39 is 5.54 Å². The molecule has 2 rings (SSSR count). The normalized spacial score (nSPS) is 33.2. The molecule has 2 N–H and O–H groups in total. The van der Waals surface area contributed by atoms with Gasteiger partial charge in [0, 0.05) is 13.1 Å². The number of urea groups is 1. The van der Waals surface area contributed by atoms with Crippen molar-refractivity contribution in [2.45, 2.75) is 38.1 Å². The van der Waals surface area contributed by atoms with Crippen LogP contribution in [-0.4, -0.2) is 54.5 Å². The molecule has 0 atom stereocenters. The topological polar surface area (TPSA) is 61.8 Å². The van der Waals surface area contributed by atoms with Crippen LogP contribution in [0.2, 0.25) is 0 Å². The van der Waals surface area contributed by atoms with Crippen LogP contribution in [0.1, 0.15) is 32.6 Å². The third kappa shape index (κ3) is 3.14. The molecule has 0 unspecified atom stereocenters. The molecule has 2 amide bonds. The van der Waals surface area contributed by atoms with E-state index in [9.17, 15) is 9.90 Å². The molecule has 0 bridgehead atoms. The summed E-state index contributed by atoms with van der Waals surface area (Å²) >= 11 is 0. The quantitative estimate of drug-likeness (QED) is 0.774. The minimum Gasteiger partial charge on any atom is -0.394 e. The summed E-state index contributed by atoms with van der Waals surface area (Å²) in [6.07, 6.45) is 3.90. The number of nitrogens with one attached hydrogen (secondary N) is 1. The molecule has 1 aliphatic heterocycles. The van der Waals surface area contributed by atoms with Crippen LogP contribution in [0.3, 0.4) is 0 Å². The van der Waals surface area contributed by atoms with Gasteiger partial charge in [-0.15, -0.1) is 0 Å². The second kappa shape index (κ2) is 5.89. The number of nitrogens with zero attached hydrogens (tertiary/aromatic N) is 1. The molecule has 104 valence electrons. The van der Waals surface area contributed by atoms with Crippen LogP contribution in [0.15, 0.2) is 0 Å². The third-order valence-corrected chi connectivity index (χ3v) is 4.20. The Balaban J connectivity index is 1.90. The predicted octanol–water partition coefficient (Wildman–Crippen LogP) is 0.969. The van der Waals surface area contributed by atoms with Crippen LogP contribution < -0.4 is 5.32 Å². The molecular weight excluding hydrogens is 232 g/mol. The molecule has 5 heteroatoms. The van der Waals surface area contributed by atoms with Crippen LogP contribution >= 0.6 is 0 Å². The van der Waals surface area contributed by atoms with Crippen LogP contribution in [0.4, 0.5) is 4.79 Å². The lowest BCUT2D eigenvalue weighted by atomic mass is 9.77. The van der Waals surface area contributed by atoms with Gasteiger partial charge in [0.05, 0.1) is 25.4 Å². The number of morpholine rings is 1. The summed E-state index contributed by atoms with van der Waals surface area (Å²) in [7, 11) is 0. The lowest BCUT2D eigenvalue weighted by Gasteiger charge is -2.40. The molecule has 18 heavy (non-hydrogen) atoms. The molecule has 1 heterocycles. The van der Waals surface area contributed by atoms with Gasteiger partial charge in [0.1, 0.15) is 0 Å². The van der Waals surface area contributed by atoms with Gasteiger partial charge < -0.3 is 20.1 Å². The first-order valence-corrected chi connectivity index (χ1v) is 6.91. The summed E-state index contributed by atoms with van der Waals surface area (Å²) in [6.45, 7) is 4.77. The maximum absolute atomic E-state index is 12.2. The van der Waals surface area contributed by atoms with E-state index in [1.54, 1.807) is 4.90 Å². The minimum atomic E-state index is -0.401. The molecule has 0 aromatic rings. The zero-order valence-corrected chi connectivity index (χ0v) is 11.2. The maximum Gasteiger partial charge on any atom is 0.318 e. The summed E-state index contributed by atoms with van der Waals surface area (Å²) in [4.78, 5) is 13.9. The molecule has 0 aromatic carbocycles. The molecule has 0 spiro atoms. The third-order valence-electron chi connectivity index (χ3n) is 4.20. The van der Waals surface area contributed by atoms with Gasteiger partial charge in [-0.2, -0.15) is 0 Å². The average Bonchev–Trinajstić information content (AvgIpc) is 2.43. The van der Waals surface area contributed by atoms with Gasteiger partial charge in [-0.25, -0.2) is 4.79 Å². The Morgan fingerprint density at radius 2 is 2.00 bits per heavy atom. The molecule has 1 saturated heterocycles. The number of hydrogen-bond donors (Lipinski definition) is 2. The van der Waals surface area contributed by atoms with Crippen molar-refractivity contribution >= 4 is 6.03 Å². The van der Waals surface area contributed by atoms with E-state index in [1.807, 2.05) is 0 Å². The van der Waals surface area contributed by atoms with Crippen molar-refractivity contribution in [2.24, 2.45) is 5.92 Å².